The fraction of sp³-hybridized carbons (Fsp3) is 0.500. The first-order valence-corrected chi connectivity index (χ1v) is 8.37. The van der Waals surface area contributed by atoms with Crippen LogP contribution in [0.3, 0.4) is 0 Å². The van der Waals surface area contributed by atoms with E-state index in [1.54, 1.807) is 13.0 Å². The van der Waals surface area contributed by atoms with Gasteiger partial charge < -0.3 is 11.1 Å². The minimum absolute atomic E-state index is 0.177. The molecule has 0 radical (unpaired) electrons. The van der Waals surface area contributed by atoms with Crippen molar-refractivity contribution in [2.24, 2.45) is 11.7 Å². The van der Waals surface area contributed by atoms with Gasteiger partial charge in [-0.2, -0.15) is 0 Å². The van der Waals surface area contributed by atoms with E-state index < -0.39 is 15.9 Å². The number of anilines is 1. The number of carbonyl (C=O) groups is 1. The molecule has 6 heteroatoms. The summed E-state index contributed by atoms with van der Waals surface area (Å²) in [6, 6.07) is 4.05. The Kier molecular flexibility index (Phi) is 5.30. The molecule has 0 aliphatic heterocycles. The number of hydrogen-bond acceptors (Lipinski definition) is 4. The van der Waals surface area contributed by atoms with Crippen LogP contribution in [0.1, 0.15) is 25.8 Å². The van der Waals surface area contributed by atoms with Crippen molar-refractivity contribution in [3.8, 4) is 0 Å². The van der Waals surface area contributed by atoms with Gasteiger partial charge in [0.25, 0.3) is 0 Å². The van der Waals surface area contributed by atoms with E-state index in [2.05, 4.69) is 5.32 Å². The molecule has 0 aliphatic rings. The van der Waals surface area contributed by atoms with Gasteiger partial charge in [0.2, 0.25) is 5.91 Å². The second-order valence-electron chi connectivity index (χ2n) is 5.47. The van der Waals surface area contributed by atoms with Crippen molar-refractivity contribution in [2.75, 3.05) is 11.6 Å². The summed E-state index contributed by atoms with van der Waals surface area (Å²) in [7, 11) is -3.30. The number of hydrogen-bond donors (Lipinski definition) is 2. The quantitative estimate of drug-likeness (QED) is 0.866. The summed E-state index contributed by atoms with van der Waals surface area (Å²) in [6.45, 7) is 5.78. The molecule has 0 fully saturated rings. The molecule has 0 saturated carbocycles. The van der Waals surface area contributed by atoms with Gasteiger partial charge in [0.05, 0.1) is 10.9 Å². The number of benzene rings is 1. The summed E-state index contributed by atoms with van der Waals surface area (Å²) in [4.78, 5) is 12.2. The molecule has 1 amide bonds. The van der Waals surface area contributed by atoms with Crippen LogP contribution in [0, 0.1) is 12.8 Å². The van der Waals surface area contributed by atoms with E-state index in [1.807, 2.05) is 13.8 Å². The summed E-state index contributed by atoms with van der Waals surface area (Å²) >= 11 is 0. The smallest absolute Gasteiger partial charge is 0.241 e. The van der Waals surface area contributed by atoms with Gasteiger partial charge >= 0.3 is 0 Å². The van der Waals surface area contributed by atoms with E-state index >= 15 is 0 Å². The van der Waals surface area contributed by atoms with Crippen LogP contribution < -0.4 is 11.1 Å². The van der Waals surface area contributed by atoms with Crippen LogP contribution in [0.2, 0.25) is 0 Å². The molecule has 0 saturated heterocycles. The maximum Gasteiger partial charge on any atom is 0.241 e. The molecule has 5 nitrogen and oxygen atoms in total. The van der Waals surface area contributed by atoms with Crippen LogP contribution in [-0.4, -0.2) is 26.6 Å². The lowest BCUT2D eigenvalue weighted by Gasteiger charge is -2.16. The lowest BCUT2D eigenvalue weighted by molar-refractivity contribution is -0.117. The molecule has 112 valence electrons. The fourth-order valence-electron chi connectivity index (χ4n) is 1.81. The van der Waals surface area contributed by atoms with Crippen LogP contribution in [-0.2, 0) is 14.6 Å². The molecule has 3 N–H and O–H groups in total. The molecule has 1 rings (SSSR count). The van der Waals surface area contributed by atoms with Crippen molar-refractivity contribution in [1.29, 1.82) is 0 Å². The molecule has 0 heterocycles. The summed E-state index contributed by atoms with van der Waals surface area (Å²) in [6.07, 6.45) is 1.71. The van der Waals surface area contributed by atoms with Crippen molar-refractivity contribution < 1.29 is 13.2 Å². The molecule has 1 aromatic carbocycles. The predicted octanol–water partition coefficient (Wildman–Crippen LogP) is 1.71. The zero-order valence-electron chi connectivity index (χ0n) is 12.3. The average molecular weight is 298 g/mol. The number of nitrogens with two attached hydrogens (primary N) is 1. The molecule has 0 bridgehead atoms. The summed E-state index contributed by atoms with van der Waals surface area (Å²) < 4.78 is 23.0. The lowest BCUT2D eigenvalue weighted by Crippen LogP contribution is -2.36. The normalized spacial score (nSPS) is 13.3. The molecular formula is C14H22N2O3S. The third kappa shape index (κ3) is 4.61. The molecule has 0 spiro atoms. The van der Waals surface area contributed by atoms with Crippen LogP contribution >= 0.6 is 0 Å². The first-order valence-electron chi connectivity index (χ1n) is 6.48. The number of sulfone groups is 1. The van der Waals surface area contributed by atoms with Gasteiger partial charge in [-0.05, 0) is 37.0 Å². The van der Waals surface area contributed by atoms with Gasteiger partial charge in [-0.1, -0.05) is 19.9 Å². The molecular weight excluding hydrogens is 276 g/mol. The van der Waals surface area contributed by atoms with E-state index in [0.717, 1.165) is 11.8 Å². The highest BCUT2D eigenvalue weighted by Gasteiger charge is 2.17. The zero-order chi connectivity index (χ0) is 15.5. The standard InChI is InChI=1S/C14H22N2O3S/c1-9(2)7-12(15)14(17)16-13-8-11(20(4,18)19)6-5-10(13)3/h5-6,8-9,12H,7,15H2,1-4H3,(H,16,17). The van der Waals surface area contributed by atoms with E-state index in [-0.39, 0.29) is 10.8 Å². The van der Waals surface area contributed by atoms with Gasteiger partial charge in [0.15, 0.2) is 9.84 Å². The highest BCUT2D eigenvalue weighted by molar-refractivity contribution is 7.90. The Labute approximate surface area is 120 Å². The second-order valence-corrected chi connectivity index (χ2v) is 7.49. The maximum atomic E-state index is 12.0. The van der Waals surface area contributed by atoms with Crippen LogP contribution in [0.4, 0.5) is 5.69 Å². The minimum atomic E-state index is -3.30. The first kappa shape index (κ1) is 16.7. The third-order valence-corrected chi connectivity index (χ3v) is 4.07. The highest BCUT2D eigenvalue weighted by atomic mass is 32.2. The molecule has 1 atom stereocenters. The Bertz CT molecular complexity index is 594. The van der Waals surface area contributed by atoms with Crippen LogP contribution in [0.25, 0.3) is 0 Å². The third-order valence-electron chi connectivity index (χ3n) is 2.96. The summed E-state index contributed by atoms with van der Waals surface area (Å²) in [5.41, 5.74) is 7.09. The van der Waals surface area contributed by atoms with E-state index in [1.165, 1.54) is 12.1 Å². The van der Waals surface area contributed by atoms with Crippen LogP contribution in [0.15, 0.2) is 23.1 Å². The fourth-order valence-corrected chi connectivity index (χ4v) is 2.45. The van der Waals surface area contributed by atoms with Gasteiger partial charge in [0.1, 0.15) is 0 Å². The van der Waals surface area contributed by atoms with Crippen molar-refractivity contribution >= 4 is 21.4 Å². The number of amides is 1. The van der Waals surface area contributed by atoms with Crippen molar-refractivity contribution in [2.45, 2.75) is 38.1 Å². The molecule has 0 aromatic heterocycles. The topological polar surface area (TPSA) is 89.3 Å². The Morgan fingerprint density at radius 1 is 1.35 bits per heavy atom. The number of carbonyl (C=O) groups excluding carboxylic acids is 1. The van der Waals surface area contributed by atoms with Crippen molar-refractivity contribution in [1.82, 2.24) is 0 Å². The number of rotatable bonds is 5. The molecule has 1 aromatic rings. The van der Waals surface area contributed by atoms with Gasteiger partial charge in [-0.15, -0.1) is 0 Å². The maximum absolute atomic E-state index is 12.0. The van der Waals surface area contributed by atoms with Crippen molar-refractivity contribution in [3.05, 3.63) is 23.8 Å². The van der Waals surface area contributed by atoms with Gasteiger partial charge in [0, 0.05) is 11.9 Å². The number of nitrogens with one attached hydrogen (secondary N) is 1. The van der Waals surface area contributed by atoms with Gasteiger partial charge in [-0.25, -0.2) is 8.42 Å². The lowest BCUT2D eigenvalue weighted by atomic mass is 10.0. The van der Waals surface area contributed by atoms with Crippen LogP contribution in [0.5, 0.6) is 0 Å². The Morgan fingerprint density at radius 2 is 1.95 bits per heavy atom. The number of aryl methyl sites for hydroxylation is 1. The first-order chi connectivity index (χ1) is 9.11. The second kappa shape index (κ2) is 6.37. The summed E-state index contributed by atoms with van der Waals surface area (Å²) in [5.74, 6) is 0.0200. The average Bonchev–Trinajstić information content (AvgIpc) is 2.29. The van der Waals surface area contributed by atoms with Gasteiger partial charge in [-0.3, -0.25) is 4.79 Å². The van der Waals surface area contributed by atoms with E-state index in [9.17, 15) is 13.2 Å². The monoisotopic (exact) mass is 298 g/mol. The Balaban J connectivity index is 2.95. The Hall–Kier alpha value is -1.40. The highest BCUT2D eigenvalue weighted by Crippen LogP contribution is 2.20. The molecule has 20 heavy (non-hydrogen) atoms. The molecule has 1 unspecified atom stereocenters. The van der Waals surface area contributed by atoms with E-state index in [0.29, 0.717) is 18.0 Å². The predicted molar refractivity (Wildman–Crippen MR) is 80.3 cm³/mol. The minimum Gasteiger partial charge on any atom is -0.324 e. The molecule has 0 aliphatic carbocycles. The zero-order valence-corrected chi connectivity index (χ0v) is 13.1. The van der Waals surface area contributed by atoms with E-state index in [4.69, 9.17) is 5.73 Å². The Morgan fingerprint density at radius 3 is 2.45 bits per heavy atom. The SMILES string of the molecule is Cc1ccc(S(C)(=O)=O)cc1NC(=O)C(N)CC(C)C. The largest absolute Gasteiger partial charge is 0.324 e. The van der Waals surface area contributed by atoms with Crippen molar-refractivity contribution in [3.63, 3.8) is 0 Å². The summed E-state index contributed by atoms with van der Waals surface area (Å²) in [5, 5.41) is 2.70.